The Morgan fingerprint density at radius 3 is 2.62 bits per heavy atom. The quantitative estimate of drug-likeness (QED) is 0.488. The summed E-state index contributed by atoms with van der Waals surface area (Å²) in [6.07, 6.45) is 0. The third-order valence-electron chi connectivity index (χ3n) is 4.40. The molecule has 2 aromatic heterocycles. The molecular formula is C20H16ClNOS. The van der Waals surface area contributed by atoms with Crippen LogP contribution in [0.25, 0.3) is 31.6 Å². The highest BCUT2D eigenvalue weighted by Gasteiger charge is 2.15. The smallest absolute Gasteiger partial charge is 0.0816 e. The van der Waals surface area contributed by atoms with Crippen LogP contribution in [0, 0.1) is 13.8 Å². The van der Waals surface area contributed by atoms with Crippen molar-refractivity contribution in [2.45, 2.75) is 20.5 Å². The molecule has 0 aliphatic carbocycles. The minimum absolute atomic E-state index is 0.0320. The molecule has 0 saturated carbocycles. The van der Waals surface area contributed by atoms with Crippen LogP contribution in [0.3, 0.4) is 0 Å². The number of pyridine rings is 1. The van der Waals surface area contributed by atoms with E-state index in [1.54, 1.807) is 11.3 Å². The minimum atomic E-state index is -0.0320. The Hall–Kier alpha value is -1.94. The van der Waals surface area contributed by atoms with Gasteiger partial charge in [0.2, 0.25) is 0 Å². The normalized spacial score (nSPS) is 11.5. The molecule has 4 heteroatoms. The molecular weight excluding hydrogens is 338 g/mol. The van der Waals surface area contributed by atoms with Gasteiger partial charge < -0.3 is 5.11 Å². The lowest BCUT2D eigenvalue weighted by atomic mass is 10.0. The summed E-state index contributed by atoms with van der Waals surface area (Å²) in [5, 5.41) is 12.7. The summed E-state index contributed by atoms with van der Waals surface area (Å²) in [7, 11) is 0. The summed E-state index contributed by atoms with van der Waals surface area (Å²) >= 11 is 7.92. The fourth-order valence-electron chi connectivity index (χ4n) is 3.19. The maximum Gasteiger partial charge on any atom is 0.0816 e. The third-order valence-corrected chi connectivity index (χ3v) is 5.91. The molecule has 24 heavy (non-hydrogen) atoms. The summed E-state index contributed by atoms with van der Waals surface area (Å²) in [5.74, 6) is 0. The first-order valence-corrected chi connectivity index (χ1v) is 8.97. The van der Waals surface area contributed by atoms with E-state index in [-0.39, 0.29) is 6.61 Å². The van der Waals surface area contributed by atoms with Gasteiger partial charge in [-0.2, -0.15) is 0 Å². The average Bonchev–Trinajstić information content (AvgIpc) is 2.91. The van der Waals surface area contributed by atoms with Gasteiger partial charge in [0.05, 0.1) is 22.7 Å². The molecule has 2 heterocycles. The van der Waals surface area contributed by atoms with Crippen molar-refractivity contribution in [3.63, 3.8) is 0 Å². The lowest BCUT2D eigenvalue weighted by Gasteiger charge is -2.10. The number of aryl methyl sites for hydroxylation is 2. The Morgan fingerprint density at radius 1 is 1.08 bits per heavy atom. The molecule has 0 aliphatic heterocycles. The number of aliphatic hydroxyl groups excluding tert-OH is 1. The zero-order valence-corrected chi connectivity index (χ0v) is 15.0. The maximum absolute atomic E-state index is 9.83. The van der Waals surface area contributed by atoms with Gasteiger partial charge in [0.15, 0.2) is 0 Å². The summed E-state index contributed by atoms with van der Waals surface area (Å²) < 4.78 is 1.25. The molecule has 0 spiro atoms. The molecule has 1 N–H and O–H groups in total. The van der Waals surface area contributed by atoms with Crippen molar-refractivity contribution < 1.29 is 5.11 Å². The molecule has 0 aliphatic rings. The van der Waals surface area contributed by atoms with Crippen LogP contribution in [0.4, 0.5) is 0 Å². The Bertz CT molecular complexity index is 1080. The van der Waals surface area contributed by atoms with Gasteiger partial charge in [0.25, 0.3) is 0 Å². The van der Waals surface area contributed by atoms with E-state index < -0.39 is 0 Å². The number of aliphatic hydroxyl groups is 1. The zero-order chi connectivity index (χ0) is 16.8. The van der Waals surface area contributed by atoms with Crippen LogP contribution in [-0.2, 0) is 6.61 Å². The van der Waals surface area contributed by atoms with Gasteiger partial charge in [-0.05, 0) is 60.2 Å². The van der Waals surface area contributed by atoms with Gasteiger partial charge >= 0.3 is 0 Å². The number of aromatic nitrogens is 1. The highest BCUT2D eigenvalue weighted by molar-refractivity contribution is 7.22. The first-order valence-electron chi connectivity index (χ1n) is 7.77. The second-order valence-electron chi connectivity index (χ2n) is 6.00. The van der Waals surface area contributed by atoms with E-state index in [1.165, 1.54) is 15.6 Å². The van der Waals surface area contributed by atoms with Crippen LogP contribution in [0.1, 0.15) is 16.7 Å². The third kappa shape index (κ3) is 2.40. The first kappa shape index (κ1) is 15.6. The van der Waals surface area contributed by atoms with Gasteiger partial charge in [0, 0.05) is 15.1 Å². The minimum Gasteiger partial charge on any atom is -0.392 e. The highest BCUT2D eigenvalue weighted by atomic mass is 35.5. The Balaban J connectivity index is 2.04. The van der Waals surface area contributed by atoms with E-state index in [1.807, 2.05) is 25.1 Å². The summed E-state index contributed by atoms with van der Waals surface area (Å²) in [5.41, 5.74) is 4.93. The summed E-state index contributed by atoms with van der Waals surface area (Å²) in [6.45, 7) is 4.10. The Labute approximate surface area is 149 Å². The maximum atomic E-state index is 9.83. The van der Waals surface area contributed by atoms with Gasteiger partial charge in [-0.3, -0.25) is 0 Å². The molecule has 2 aromatic carbocycles. The summed E-state index contributed by atoms with van der Waals surface area (Å²) in [6, 6.07) is 14.2. The SMILES string of the molecule is Cc1c(-c2cc(CO)c3cc(Cl)cc(C)c3n2)sc2ccccc12. The molecule has 0 amide bonds. The van der Waals surface area contributed by atoms with Crippen LogP contribution in [0.2, 0.25) is 5.02 Å². The van der Waals surface area contributed by atoms with Crippen LogP contribution in [0.15, 0.2) is 42.5 Å². The molecule has 4 aromatic rings. The number of benzene rings is 2. The number of thiophene rings is 1. The first-order chi connectivity index (χ1) is 11.6. The van der Waals surface area contributed by atoms with Crippen LogP contribution < -0.4 is 0 Å². The Morgan fingerprint density at radius 2 is 1.88 bits per heavy atom. The van der Waals surface area contributed by atoms with Gasteiger partial charge in [-0.1, -0.05) is 29.8 Å². The van der Waals surface area contributed by atoms with Crippen molar-refractivity contribution in [2.75, 3.05) is 0 Å². The lowest BCUT2D eigenvalue weighted by molar-refractivity contribution is 0.283. The number of rotatable bonds is 2. The standard InChI is InChI=1S/C20H16ClNOS/c1-11-7-14(21)9-16-13(10-23)8-17(22-19(11)16)20-12(2)15-5-3-4-6-18(15)24-20/h3-9,23H,10H2,1-2H3. The molecule has 4 rings (SSSR count). The van der Waals surface area contributed by atoms with E-state index in [0.29, 0.717) is 5.02 Å². The number of halogens is 1. The van der Waals surface area contributed by atoms with Gasteiger partial charge in [-0.15, -0.1) is 11.3 Å². The fraction of sp³-hybridized carbons (Fsp3) is 0.150. The number of hydrogen-bond acceptors (Lipinski definition) is 3. The van der Waals surface area contributed by atoms with Gasteiger partial charge in [-0.25, -0.2) is 4.98 Å². The lowest BCUT2D eigenvalue weighted by Crippen LogP contribution is -1.94. The molecule has 0 bridgehead atoms. The van der Waals surface area contributed by atoms with Crippen LogP contribution in [0.5, 0.6) is 0 Å². The van der Waals surface area contributed by atoms with E-state index in [0.717, 1.165) is 32.6 Å². The van der Waals surface area contributed by atoms with Gasteiger partial charge in [0.1, 0.15) is 0 Å². The van der Waals surface area contributed by atoms with Crippen molar-refractivity contribution in [3.8, 4) is 10.6 Å². The van der Waals surface area contributed by atoms with E-state index in [2.05, 4.69) is 31.2 Å². The number of hydrogen-bond donors (Lipinski definition) is 1. The fourth-order valence-corrected chi connectivity index (χ4v) is 4.63. The molecule has 0 atom stereocenters. The topological polar surface area (TPSA) is 33.1 Å². The van der Waals surface area contributed by atoms with Crippen molar-refractivity contribution in [2.24, 2.45) is 0 Å². The van der Waals surface area contributed by atoms with Crippen LogP contribution in [-0.4, -0.2) is 10.1 Å². The molecule has 0 radical (unpaired) electrons. The van der Waals surface area contributed by atoms with Crippen molar-refractivity contribution >= 4 is 43.9 Å². The number of fused-ring (bicyclic) bond motifs is 2. The predicted molar refractivity (Wildman–Crippen MR) is 103 cm³/mol. The molecule has 0 saturated heterocycles. The molecule has 0 fully saturated rings. The van der Waals surface area contributed by atoms with Crippen molar-refractivity contribution in [1.82, 2.24) is 4.98 Å². The van der Waals surface area contributed by atoms with Crippen molar-refractivity contribution in [3.05, 3.63) is 64.2 Å². The average molecular weight is 354 g/mol. The summed E-state index contributed by atoms with van der Waals surface area (Å²) in [4.78, 5) is 6.05. The monoisotopic (exact) mass is 353 g/mol. The molecule has 2 nitrogen and oxygen atoms in total. The second-order valence-corrected chi connectivity index (χ2v) is 7.48. The van der Waals surface area contributed by atoms with Crippen LogP contribution >= 0.6 is 22.9 Å². The number of nitrogens with zero attached hydrogens (tertiary/aromatic N) is 1. The second kappa shape index (κ2) is 5.85. The van der Waals surface area contributed by atoms with E-state index >= 15 is 0 Å². The molecule has 0 unspecified atom stereocenters. The van der Waals surface area contributed by atoms with E-state index in [4.69, 9.17) is 16.6 Å². The molecule has 120 valence electrons. The largest absolute Gasteiger partial charge is 0.392 e. The van der Waals surface area contributed by atoms with E-state index in [9.17, 15) is 5.11 Å². The predicted octanol–water partition coefficient (Wildman–Crippen LogP) is 5.88. The van der Waals surface area contributed by atoms with Crippen molar-refractivity contribution in [1.29, 1.82) is 0 Å². The Kier molecular flexibility index (Phi) is 3.80. The highest BCUT2D eigenvalue weighted by Crippen LogP contribution is 2.39. The zero-order valence-electron chi connectivity index (χ0n) is 13.4.